The molecule has 0 atom stereocenters. The normalized spacial score (nSPS) is 12.3. The van der Waals surface area contributed by atoms with Crippen LogP contribution in [0.5, 0.6) is 0 Å². The molecular formula is C13H17ClFNO3S. The summed E-state index contributed by atoms with van der Waals surface area (Å²) < 4.78 is 36.2. The van der Waals surface area contributed by atoms with E-state index in [1.807, 2.05) is 20.8 Å². The average Bonchev–Trinajstić information content (AvgIpc) is 2.24. The molecule has 0 aliphatic rings. The Morgan fingerprint density at radius 2 is 1.90 bits per heavy atom. The van der Waals surface area contributed by atoms with E-state index in [-0.39, 0.29) is 15.9 Å². The van der Waals surface area contributed by atoms with E-state index in [1.54, 1.807) is 0 Å². The largest absolute Gasteiger partial charge is 0.341 e. The van der Waals surface area contributed by atoms with Gasteiger partial charge >= 0.3 is 0 Å². The number of rotatable bonds is 3. The fourth-order valence-electron chi connectivity index (χ4n) is 1.81. The second kappa shape index (κ2) is 5.69. The van der Waals surface area contributed by atoms with Gasteiger partial charge in [0.05, 0.1) is 10.5 Å². The quantitative estimate of drug-likeness (QED) is 0.804. The van der Waals surface area contributed by atoms with Crippen molar-refractivity contribution in [2.75, 3.05) is 13.6 Å². The van der Waals surface area contributed by atoms with Gasteiger partial charge in [0.25, 0.3) is 15.0 Å². The van der Waals surface area contributed by atoms with Crippen molar-refractivity contribution in [3.8, 4) is 0 Å². The number of amides is 1. The van der Waals surface area contributed by atoms with Crippen LogP contribution < -0.4 is 0 Å². The third-order valence-electron chi connectivity index (χ3n) is 2.51. The van der Waals surface area contributed by atoms with Crippen molar-refractivity contribution < 1.29 is 17.6 Å². The molecule has 0 aromatic heterocycles. The Morgan fingerprint density at radius 1 is 1.35 bits per heavy atom. The van der Waals surface area contributed by atoms with E-state index in [9.17, 15) is 17.6 Å². The molecule has 0 bridgehead atoms. The Balaban J connectivity index is 3.16. The highest BCUT2D eigenvalue weighted by Crippen LogP contribution is 2.21. The molecule has 0 aliphatic heterocycles. The van der Waals surface area contributed by atoms with Gasteiger partial charge in [-0.05, 0) is 23.6 Å². The van der Waals surface area contributed by atoms with Gasteiger partial charge in [-0.1, -0.05) is 20.8 Å². The Bertz CT molecular complexity index is 623. The molecule has 0 N–H and O–H groups in total. The lowest BCUT2D eigenvalue weighted by molar-refractivity contribution is 0.0740. The molecule has 0 saturated carbocycles. The molecule has 112 valence electrons. The third kappa shape index (κ3) is 4.45. The fraction of sp³-hybridized carbons (Fsp3) is 0.462. The van der Waals surface area contributed by atoms with E-state index in [0.717, 1.165) is 18.2 Å². The van der Waals surface area contributed by atoms with Crippen LogP contribution in [0.3, 0.4) is 0 Å². The molecule has 0 spiro atoms. The first kappa shape index (κ1) is 16.9. The molecule has 0 radical (unpaired) electrons. The van der Waals surface area contributed by atoms with E-state index in [0.29, 0.717) is 6.54 Å². The van der Waals surface area contributed by atoms with Crippen LogP contribution in [0.25, 0.3) is 0 Å². The summed E-state index contributed by atoms with van der Waals surface area (Å²) in [6.45, 7) is 6.22. The summed E-state index contributed by atoms with van der Waals surface area (Å²) in [6.07, 6.45) is 0. The average molecular weight is 322 g/mol. The van der Waals surface area contributed by atoms with Gasteiger partial charge in [0, 0.05) is 24.3 Å². The van der Waals surface area contributed by atoms with E-state index in [1.165, 1.54) is 11.9 Å². The van der Waals surface area contributed by atoms with Gasteiger partial charge in [-0.3, -0.25) is 4.79 Å². The first-order valence-corrected chi connectivity index (χ1v) is 8.22. The highest BCUT2D eigenvalue weighted by atomic mass is 35.7. The minimum absolute atomic E-state index is 0.156. The smallest absolute Gasteiger partial charge is 0.261 e. The molecule has 0 fully saturated rings. The molecule has 0 unspecified atom stereocenters. The molecule has 1 rings (SSSR count). The third-order valence-corrected chi connectivity index (χ3v) is 3.86. The summed E-state index contributed by atoms with van der Waals surface area (Å²) in [5.74, 6) is -1.36. The lowest BCUT2D eigenvalue weighted by Crippen LogP contribution is -2.35. The van der Waals surface area contributed by atoms with Crippen LogP contribution in [0.2, 0.25) is 0 Å². The van der Waals surface area contributed by atoms with Crippen LogP contribution in [0, 0.1) is 11.2 Å². The van der Waals surface area contributed by atoms with Crippen molar-refractivity contribution in [3.05, 3.63) is 29.6 Å². The van der Waals surface area contributed by atoms with Crippen LogP contribution in [0.4, 0.5) is 4.39 Å². The van der Waals surface area contributed by atoms with Crippen LogP contribution in [0.1, 0.15) is 31.1 Å². The number of hydrogen-bond acceptors (Lipinski definition) is 3. The molecule has 1 aromatic rings. The second-order valence-corrected chi connectivity index (χ2v) is 8.37. The van der Waals surface area contributed by atoms with Crippen molar-refractivity contribution in [2.45, 2.75) is 25.7 Å². The Kier molecular flexibility index (Phi) is 4.82. The van der Waals surface area contributed by atoms with Crippen LogP contribution in [0.15, 0.2) is 23.1 Å². The van der Waals surface area contributed by atoms with E-state index < -0.39 is 20.8 Å². The lowest BCUT2D eigenvalue weighted by Gasteiger charge is -2.26. The van der Waals surface area contributed by atoms with Gasteiger partial charge in [-0.25, -0.2) is 12.8 Å². The number of nitrogens with zero attached hydrogens (tertiary/aromatic N) is 1. The molecule has 0 heterocycles. The van der Waals surface area contributed by atoms with Gasteiger partial charge in [0.1, 0.15) is 5.82 Å². The van der Waals surface area contributed by atoms with Gasteiger partial charge in [-0.15, -0.1) is 0 Å². The Morgan fingerprint density at radius 3 is 2.35 bits per heavy atom. The fourth-order valence-corrected chi connectivity index (χ4v) is 2.59. The molecule has 4 nitrogen and oxygen atoms in total. The van der Waals surface area contributed by atoms with Crippen molar-refractivity contribution in [2.24, 2.45) is 5.41 Å². The summed E-state index contributed by atoms with van der Waals surface area (Å²) in [5, 5.41) is 0. The molecular weight excluding hydrogens is 305 g/mol. The number of benzene rings is 1. The summed E-state index contributed by atoms with van der Waals surface area (Å²) in [6, 6.07) is 2.91. The van der Waals surface area contributed by atoms with Crippen LogP contribution in [-0.4, -0.2) is 32.8 Å². The number of carbonyl (C=O) groups excluding carboxylic acids is 1. The predicted molar refractivity (Wildman–Crippen MR) is 75.9 cm³/mol. The first-order chi connectivity index (χ1) is 8.92. The van der Waals surface area contributed by atoms with Crippen molar-refractivity contribution in [3.63, 3.8) is 0 Å². The van der Waals surface area contributed by atoms with Crippen LogP contribution >= 0.6 is 10.7 Å². The zero-order chi connectivity index (χ0) is 15.7. The standard InChI is InChI=1S/C13H17ClFNO3S/c1-13(2,3)8-16(4)12(17)10-7-9(20(14,18)19)5-6-11(10)15/h5-7H,8H2,1-4H3. The molecule has 0 aliphatic carbocycles. The number of carbonyl (C=O) groups is 1. The summed E-state index contributed by atoms with van der Waals surface area (Å²) in [4.78, 5) is 13.2. The van der Waals surface area contributed by atoms with Gasteiger partial charge in [0.15, 0.2) is 0 Å². The van der Waals surface area contributed by atoms with Gasteiger partial charge in [0.2, 0.25) is 0 Å². The summed E-state index contributed by atoms with van der Waals surface area (Å²) in [7, 11) is 2.73. The highest BCUT2D eigenvalue weighted by molar-refractivity contribution is 8.13. The molecule has 0 saturated heterocycles. The van der Waals surface area contributed by atoms with E-state index in [4.69, 9.17) is 10.7 Å². The minimum Gasteiger partial charge on any atom is -0.341 e. The Labute approximate surface area is 123 Å². The molecule has 1 amide bonds. The number of hydrogen-bond donors (Lipinski definition) is 0. The van der Waals surface area contributed by atoms with Gasteiger partial charge < -0.3 is 4.90 Å². The number of halogens is 2. The predicted octanol–water partition coefficient (Wildman–Crippen LogP) is 2.87. The van der Waals surface area contributed by atoms with Crippen molar-refractivity contribution >= 4 is 25.6 Å². The monoisotopic (exact) mass is 321 g/mol. The highest BCUT2D eigenvalue weighted by Gasteiger charge is 2.23. The lowest BCUT2D eigenvalue weighted by atomic mass is 9.96. The van der Waals surface area contributed by atoms with Crippen molar-refractivity contribution in [1.29, 1.82) is 0 Å². The van der Waals surface area contributed by atoms with Crippen LogP contribution in [-0.2, 0) is 9.05 Å². The second-order valence-electron chi connectivity index (χ2n) is 5.80. The SMILES string of the molecule is CN(CC(C)(C)C)C(=O)c1cc(S(=O)(=O)Cl)ccc1F. The van der Waals surface area contributed by atoms with E-state index in [2.05, 4.69) is 0 Å². The molecule has 1 aromatic carbocycles. The Hall–Kier alpha value is -1.14. The maximum Gasteiger partial charge on any atom is 0.261 e. The molecule has 7 heteroatoms. The summed E-state index contributed by atoms with van der Waals surface area (Å²) >= 11 is 0. The first-order valence-electron chi connectivity index (χ1n) is 5.91. The maximum atomic E-state index is 13.7. The zero-order valence-electron chi connectivity index (χ0n) is 11.8. The zero-order valence-corrected chi connectivity index (χ0v) is 13.3. The topological polar surface area (TPSA) is 54.5 Å². The maximum absolute atomic E-state index is 13.7. The summed E-state index contributed by atoms with van der Waals surface area (Å²) in [5.41, 5.74) is -0.463. The minimum atomic E-state index is -4.00. The van der Waals surface area contributed by atoms with Gasteiger partial charge in [-0.2, -0.15) is 0 Å². The van der Waals surface area contributed by atoms with Crippen molar-refractivity contribution in [1.82, 2.24) is 4.90 Å². The van der Waals surface area contributed by atoms with E-state index >= 15 is 0 Å². The molecule has 20 heavy (non-hydrogen) atoms.